The highest BCUT2D eigenvalue weighted by Gasteiger charge is 2.53. The van der Waals surface area contributed by atoms with Crippen LogP contribution in [0.15, 0.2) is 120 Å². The first-order valence-corrected chi connectivity index (χ1v) is 22.7. The van der Waals surface area contributed by atoms with Crippen molar-refractivity contribution in [2.45, 2.75) is 115 Å². The summed E-state index contributed by atoms with van der Waals surface area (Å²) in [5.74, 6) is -0.631. The van der Waals surface area contributed by atoms with E-state index in [1.807, 2.05) is 60.7 Å². The van der Waals surface area contributed by atoms with Crippen molar-refractivity contribution in [1.29, 1.82) is 0 Å². The zero-order valence-electron chi connectivity index (χ0n) is 32.7. The molecule has 1 fully saturated rings. The van der Waals surface area contributed by atoms with Crippen molar-refractivity contribution >= 4 is 36.9 Å². The van der Waals surface area contributed by atoms with Crippen LogP contribution in [-0.4, -0.2) is 43.1 Å². The third-order valence-corrected chi connectivity index (χ3v) is 17.5. The van der Waals surface area contributed by atoms with Gasteiger partial charge in [0.05, 0.1) is 12.7 Å². The van der Waals surface area contributed by atoms with Gasteiger partial charge in [-0.25, -0.2) is 0 Å². The van der Waals surface area contributed by atoms with Crippen molar-refractivity contribution in [3.05, 3.63) is 142 Å². The second-order valence-electron chi connectivity index (χ2n) is 15.3. The molecule has 1 aliphatic rings. The number of hydrogen-bond donors (Lipinski definition) is 0. The van der Waals surface area contributed by atoms with Crippen LogP contribution in [0.4, 0.5) is 0 Å². The first-order chi connectivity index (χ1) is 25.4. The van der Waals surface area contributed by atoms with Gasteiger partial charge in [-0.3, -0.25) is 4.79 Å². The molecule has 9 heteroatoms. The Labute approximate surface area is 332 Å². The molecule has 0 bridgehead atoms. The number of ether oxygens (including phenoxy) is 2. The normalized spacial score (nSPS) is 16.4. The predicted molar refractivity (Wildman–Crippen MR) is 228 cm³/mol. The lowest BCUT2D eigenvalue weighted by Gasteiger charge is -2.47. The SMILES string of the molecule is C/C(=C/CI)[C@H](O[Si](C(C)C)(C(C)C)C(C)C)[C@@H](C)[C@H](C/C=C/COC(c1ccccc1)(c1ccccc1)c1ccccc1)OC(=O)C1(N=[N+]=[N-])CC1. The highest BCUT2D eigenvalue weighted by Crippen LogP contribution is 2.46. The zero-order valence-corrected chi connectivity index (χ0v) is 35.9. The Kier molecular flexibility index (Phi) is 15.6. The topological polar surface area (TPSA) is 93.5 Å². The monoisotopic (exact) mass is 847 g/mol. The van der Waals surface area contributed by atoms with Crippen LogP contribution in [0.3, 0.4) is 0 Å². The van der Waals surface area contributed by atoms with Gasteiger partial charge in [-0.15, -0.1) is 0 Å². The van der Waals surface area contributed by atoms with Crippen LogP contribution < -0.4 is 0 Å². The fourth-order valence-electron chi connectivity index (χ4n) is 8.08. The number of allylic oxidation sites excluding steroid dienone is 1. The summed E-state index contributed by atoms with van der Waals surface area (Å²) < 4.78 is 21.7. The fraction of sp³-hybridized carbons (Fsp3) is 0.477. The molecule has 0 radical (unpaired) electrons. The van der Waals surface area contributed by atoms with Gasteiger partial charge in [0.1, 0.15) is 17.2 Å². The van der Waals surface area contributed by atoms with E-state index in [9.17, 15) is 10.3 Å². The lowest BCUT2D eigenvalue weighted by atomic mass is 9.80. The first kappa shape index (κ1) is 42.5. The third kappa shape index (κ3) is 9.73. The van der Waals surface area contributed by atoms with Crippen molar-refractivity contribution in [1.82, 2.24) is 0 Å². The van der Waals surface area contributed by atoms with Gasteiger partial charge in [0, 0.05) is 21.7 Å². The maximum Gasteiger partial charge on any atom is 0.318 e. The van der Waals surface area contributed by atoms with E-state index >= 15 is 0 Å². The molecule has 0 N–H and O–H groups in total. The smallest absolute Gasteiger partial charge is 0.318 e. The summed E-state index contributed by atoms with van der Waals surface area (Å²) in [4.78, 5) is 16.7. The van der Waals surface area contributed by atoms with E-state index in [2.05, 4.69) is 137 Å². The van der Waals surface area contributed by atoms with E-state index in [0.717, 1.165) is 26.7 Å². The molecule has 3 aromatic rings. The molecule has 0 saturated heterocycles. The van der Waals surface area contributed by atoms with Crippen LogP contribution in [-0.2, 0) is 24.3 Å². The number of esters is 1. The van der Waals surface area contributed by atoms with E-state index < -0.39 is 31.5 Å². The Hall–Kier alpha value is -3.21. The molecule has 0 amide bonds. The van der Waals surface area contributed by atoms with E-state index in [0.29, 0.717) is 42.5 Å². The van der Waals surface area contributed by atoms with Gasteiger partial charge in [-0.2, -0.15) is 0 Å². The molecule has 3 atom stereocenters. The van der Waals surface area contributed by atoms with E-state index in [-0.39, 0.29) is 12.0 Å². The van der Waals surface area contributed by atoms with Gasteiger partial charge < -0.3 is 13.9 Å². The van der Waals surface area contributed by atoms with Crippen molar-refractivity contribution in [2.24, 2.45) is 11.0 Å². The summed E-state index contributed by atoms with van der Waals surface area (Å²) in [7, 11) is -2.32. The van der Waals surface area contributed by atoms with Crippen LogP contribution in [0.2, 0.25) is 16.6 Å². The summed E-state index contributed by atoms with van der Waals surface area (Å²) >= 11 is 2.37. The van der Waals surface area contributed by atoms with Crippen molar-refractivity contribution < 1.29 is 18.7 Å². The Morgan fingerprint density at radius 3 is 1.72 bits per heavy atom. The number of azide groups is 1. The molecule has 0 aromatic heterocycles. The quantitative estimate of drug-likeness (QED) is 0.0130. The molecule has 4 rings (SSSR count). The van der Waals surface area contributed by atoms with Crippen LogP contribution in [0.1, 0.15) is 91.3 Å². The molecular weight excluding hydrogens is 789 g/mol. The number of benzene rings is 3. The molecule has 284 valence electrons. The minimum absolute atomic E-state index is 0.175. The lowest BCUT2D eigenvalue weighted by Crippen LogP contribution is -2.53. The molecule has 3 aromatic carbocycles. The van der Waals surface area contributed by atoms with Gasteiger partial charge in [0.25, 0.3) is 0 Å². The maximum absolute atomic E-state index is 13.7. The van der Waals surface area contributed by atoms with Gasteiger partial charge in [0.2, 0.25) is 8.32 Å². The Morgan fingerprint density at radius 2 is 1.32 bits per heavy atom. The second kappa shape index (κ2) is 19.4. The number of nitrogens with zero attached hydrogens (tertiary/aromatic N) is 3. The van der Waals surface area contributed by atoms with Crippen LogP contribution >= 0.6 is 22.6 Å². The minimum Gasteiger partial charge on any atom is -0.461 e. The number of rotatable bonds is 20. The zero-order chi connectivity index (χ0) is 38.6. The molecule has 7 nitrogen and oxygen atoms in total. The van der Waals surface area contributed by atoms with Crippen molar-refractivity contribution in [3.8, 4) is 0 Å². The second-order valence-corrected chi connectivity index (χ2v) is 21.6. The summed E-state index contributed by atoms with van der Waals surface area (Å²) in [6.45, 7) is 18.4. The van der Waals surface area contributed by atoms with E-state index in [1.54, 1.807) is 0 Å². The summed E-state index contributed by atoms with van der Waals surface area (Å²) in [5.41, 5.74) is 12.7. The molecular formula is C44H58IN3O4Si. The van der Waals surface area contributed by atoms with Crippen molar-refractivity contribution in [3.63, 3.8) is 0 Å². The van der Waals surface area contributed by atoms with Crippen LogP contribution in [0.5, 0.6) is 0 Å². The minimum atomic E-state index is -2.32. The molecule has 53 heavy (non-hydrogen) atoms. The fourth-order valence-corrected chi connectivity index (χ4v) is 14.4. The highest BCUT2D eigenvalue weighted by molar-refractivity contribution is 14.1. The van der Waals surface area contributed by atoms with Crippen molar-refractivity contribution in [2.75, 3.05) is 11.0 Å². The molecule has 1 saturated carbocycles. The first-order valence-electron chi connectivity index (χ1n) is 19.0. The predicted octanol–water partition coefficient (Wildman–Crippen LogP) is 12.3. The number of alkyl halides is 1. The number of carbonyl (C=O) groups excluding carboxylic acids is 1. The Morgan fingerprint density at radius 1 is 0.849 bits per heavy atom. The highest BCUT2D eigenvalue weighted by atomic mass is 127. The molecule has 0 heterocycles. The van der Waals surface area contributed by atoms with Crippen LogP contribution in [0, 0.1) is 5.92 Å². The average molecular weight is 848 g/mol. The molecule has 0 aliphatic heterocycles. The number of halogens is 1. The van der Waals surface area contributed by atoms with Gasteiger partial charge >= 0.3 is 5.97 Å². The summed E-state index contributed by atoms with van der Waals surface area (Å²) in [6.07, 6.45) is 6.99. The van der Waals surface area contributed by atoms with E-state index in [1.165, 1.54) is 0 Å². The average Bonchev–Trinajstić information content (AvgIpc) is 3.94. The van der Waals surface area contributed by atoms with Crippen LogP contribution in [0.25, 0.3) is 10.4 Å². The lowest BCUT2D eigenvalue weighted by molar-refractivity contribution is -0.155. The Balaban J connectivity index is 1.69. The molecule has 0 spiro atoms. The molecule has 0 unspecified atom stereocenters. The third-order valence-electron chi connectivity index (χ3n) is 11.0. The Bertz CT molecular complexity index is 1590. The number of hydrogen-bond acceptors (Lipinski definition) is 5. The summed E-state index contributed by atoms with van der Waals surface area (Å²) in [5, 5.41) is 3.87. The summed E-state index contributed by atoms with van der Waals surface area (Å²) in [6, 6.07) is 31.0. The van der Waals surface area contributed by atoms with Gasteiger partial charge in [-0.1, -0.05) is 185 Å². The standard InChI is InChI=1S/C44H58IN3O4Si/c1-32(2)53(33(3)4,34(5)6)52-41(35(7)27-30-45)36(8)40(51-42(49)43(28-29-43)47-48-46)26-18-19-31-50-44(37-20-12-9-13-21-37,38-22-14-10-15-23-38)39-24-16-11-17-25-39/h9-25,27,32-34,36,40-41H,26,28-31H2,1-8H3/b19-18+,35-27-/t36-,40-,41-/m0/s1. The maximum atomic E-state index is 13.7. The van der Waals surface area contributed by atoms with Gasteiger partial charge in [-0.05, 0) is 64.2 Å². The van der Waals surface area contributed by atoms with Gasteiger partial charge in [0.15, 0.2) is 0 Å². The number of carbonyl (C=O) groups is 1. The van der Waals surface area contributed by atoms with E-state index in [4.69, 9.17) is 13.9 Å². The largest absolute Gasteiger partial charge is 0.461 e. The molecule has 1 aliphatic carbocycles.